The van der Waals surface area contributed by atoms with Gasteiger partial charge in [0.25, 0.3) is 0 Å². The van der Waals surface area contributed by atoms with Gasteiger partial charge in [-0.15, -0.1) is 0 Å². The average molecular weight is 510 g/mol. The molecule has 0 aliphatic heterocycles. The van der Waals surface area contributed by atoms with Gasteiger partial charge in [0.15, 0.2) is 23.3 Å². The van der Waals surface area contributed by atoms with Crippen LogP contribution in [0.1, 0.15) is 22.5 Å². The van der Waals surface area contributed by atoms with Crippen molar-refractivity contribution in [2.45, 2.75) is 0 Å². The van der Waals surface area contributed by atoms with Crippen molar-refractivity contribution in [3.63, 3.8) is 0 Å². The molecule has 0 aliphatic carbocycles. The molecule has 0 spiro atoms. The van der Waals surface area contributed by atoms with E-state index >= 15 is 0 Å². The predicted molar refractivity (Wildman–Crippen MR) is 140 cm³/mol. The van der Waals surface area contributed by atoms with Crippen LogP contribution in [0.25, 0.3) is 0 Å². The largest absolute Gasteiger partial charge is 0.244 e. The molecule has 186 valence electrons. The smallest absolute Gasteiger partial charge is 0.151 e. The van der Waals surface area contributed by atoms with Crippen molar-refractivity contribution >= 4 is 22.8 Å². The van der Waals surface area contributed by atoms with Gasteiger partial charge >= 0.3 is 0 Å². The van der Waals surface area contributed by atoms with Crippen LogP contribution < -0.4 is 0 Å². The summed E-state index contributed by atoms with van der Waals surface area (Å²) in [7, 11) is 0. The number of rotatable bonds is 6. The van der Waals surface area contributed by atoms with E-state index in [0.717, 1.165) is 24.3 Å². The Morgan fingerprint density at radius 3 is 1.13 bits per heavy atom. The van der Waals surface area contributed by atoms with E-state index in [-0.39, 0.29) is 22.8 Å². The van der Waals surface area contributed by atoms with Crippen molar-refractivity contribution < 1.29 is 17.6 Å². The minimum absolute atomic E-state index is 0.209. The molecule has 0 saturated heterocycles. The van der Waals surface area contributed by atoms with Crippen LogP contribution in [0.2, 0.25) is 0 Å². The summed E-state index contributed by atoms with van der Waals surface area (Å²) in [5.74, 6) is -3.29. The molecule has 5 rings (SSSR count). The molecule has 1 heterocycles. The van der Waals surface area contributed by atoms with Gasteiger partial charge in [-0.2, -0.15) is 0 Å². The molecule has 0 aliphatic rings. The Hall–Kier alpha value is -4.91. The van der Waals surface area contributed by atoms with E-state index in [2.05, 4.69) is 15.0 Å². The first-order chi connectivity index (χ1) is 18.5. The number of hydrogen-bond acceptors (Lipinski definition) is 3. The first kappa shape index (κ1) is 24.8. The molecule has 0 fully saturated rings. The van der Waals surface area contributed by atoms with Gasteiger partial charge in [-0.05, 0) is 36.4 Å². The minimum atomic E-state index is -0.823. The number of aromatic nitrogens is 1. The third-order valence-corrected chi connectivity index (χ3v) is 5.65. The van der Waals surface area contributed by atoms with E-state index in [9.17, 15) is 17.6 Å². The summed E-state index contributed by atoms with van der Waals surface area (Å²) in [6, 6.07) is 29.6. The van der Waals surface area contributed by atoms with Crippen molar-refractivity contribution in [3.8, 4) is 0 Å². The number of halogens is 4. The number of hydrogen-bond donors (Lipinski definition) is 0. The zero-order valence-corrected chi connectivity index (χ0v) is 19.8. The lowest BCUT2D eigenvalue weighted by Gasteiger charge is -2.12. The molecule has 3 nitrogen and oxygen atoms in total. The van der Waals surface area contributed by atoms with Gasteiger partial charge in [-0.1, -0.05) is 78.9 Å². The van der Waals surface area contributed by atoms with Gasteiger partial charge in [0, 0.05) is 11.1 Å². The van der Waals surface area contributed by atoms with Crippen LogP contribution in [-0.4, -0.2) is 16.4 Å². The molecule has 0 atom stereocenters. The second-order valence-corrected chi connectivity index (χ2v) is 8.20. The van der Waals surface area contributed by atoms with Crippen LogP contribution in [0, 0.1) is 23.3 Å². The summed E-state index contributed by atoms with van der Waals surface area (Å²) in [6.07, 6.45) is 0. The van der Waals surface area contributed by atoms with Crippen molar-refractivity contribution in [2.24, 2.45) is 9.98 Å². The Labute approximate surface area is 216 Å². The van der Waals surface area contributed by atoms with Crippen LogP contribution in [0.15, 0.2) is 125 Å². The minimum Gasteiger partial charge on any atom is -0.244 e. The highest BCUT2D eigenvalue weighted by Gasteiger charge is 2.17. The molecule has 4 aromatic carbocycles. The van der Waals surface area contributed by atoms with E-state index in [4.69, 9.17) is 0 Å². The SMILES string of the molecule is Fc1cccc(F)c1N=C(c1ccccc1)c1cccc(C(=Nc2c(F)cccc2F)c2ccccc2)n1. The number of benzene rings is 4. The van der Waals surface area contributed by atoms with Gasteiger partial charge in [0.1, 0.15) is 11.4 Å². The fourth-order valence-corrected chi connectivity index (χ4v) is 3.85. The maximum atomic E-state index is 14.5. The normalized spacial score (nSPS) is 12.0. The first-order valence-corrected chi connectivity index (χ1v) is 11.7. The number of nitrogens with zero attached hydrogens (tertiary/aromatic N) is 3. The molecule has 0 radical (unpaired) electrons. The molecule has 0 unspecified atom stereocenters. The van der Waals surface area contributed by atoms with Crippen LogP contribution in [-0.2, 0) is 0 Å². The van der Waals surface area contributed by atoms with E-state index in [1.54, 1.807) is 78.9 Å². The summed E-state index contributed by atoms with van der Waals surface area (Å²) >= 11 is 0. The van der Waals surface area contributed by atoms with Gasteiger partial charge < -0.3 is 0 Å². The molecule has 7 heteroatoms. The Balaban J connectivity index is 1.72. The van der Waals surface area contributed by atoms with Gasteiger partial charge in [-0.25, -0.2) is 32.5 Å². The predicted octanol–water partition coefficient (Wildman–Crippen LogP) is 7.98. The van der Waals surface area contributed by atoms with E-state index in [1.165, 1.54) is 12.1 Å². The highest BCUT2D eigenvalue weighted by atomic mass is 19.1. The lowest BCUT2D eigenvalue weighted by atomic mass is 10.0. The van der Waals surface area contributed by atoms with Crippen LogP contribution in [0.4, 0.5) is 28.9 Å². The summed E-state index contributed by atoms with van der Waals surface area (Å²) in [5, 5.41) is 0. The molecule has 0 amide bonds. The Bertz CT molecular complexity index is 1490. The second-order valence-electron chi connectivity index (χ2n) is 8.20. The quantitative estimate of drug-likeness (QED) is 0.169. The molecule has 5 aromatic rings. The Kier molecular flexibility index (Phi) is 7.17. The van der Waals surface area contributed by atoms with E-state index in [0.29, 0.717) is 11.1 Å². The van der Waals surface area contributed by atoms with Crippen LogP contribution >= 0.6 is 0 Å². The maximum absolute atomic E-state index is 14.5. The zero-order chi connectivity index (χ0) is 26.5. The van der Waals surface area contributed by atoms with Crippen molar-refractivity contribution in [1.82, 2.24) is 4.98 Å². The number of pyridine rings is 1. The van der Waals surface area contributed by atoms with Gasteiger partial charge in [-0.3, -0.25) is 0 Å². The maximum Gasteiger partial charge on any atom is 0.151 e. The molecule has 0 bridgehead atoms. The zero-order valence-electron chi connectivity index (χ0n) is 19.8. The average Bonchev–Trinajstić information content (AvgIpc) is 2.94. The molecule has 0 N–H and O–H groups in total. The van der Waals surface area contributed by atoms with Crippen molar-refractivity contribution in [2.75, 3.05) is 0 Å². The standard InChI is InChI=1S/C31H19F4N3/c32-22-14-7-15-23(33)30(22)37-28(20-10-3-1-4-11-20)26-18-9-19-27(36-26)29(21-12-5-2-6-13-21)38-31-24(34)16-8-17-25(31)35/h1-19H. The first-order valence-electron chi connectivity index (χ1n) is 11.7. The van der Waals surface area contributed by atoms with E-state index < -0.39 is 34.6 Å². The molecule has 0 saturated carbocycles. The Morgan fingerprint density at radius 2 is 0.763 bits per heavy atom. The summed E-state index contributed by atoms with van der Waals surface area (Å²) in [4.78, 5) is 13.3. The highest BCUT2D eigenvalue weighted by molar-refractivity contribution is 6.15. The topological polar surface area (TPSA) is 37.6 Å². The third kappa shape index (κ3) is 5.27. The van der Waals surface area contributed by atoms with Crippen molar-refractivity contribution in [3.05, 3.63) is 161 Å². The Morgan fingerprint density at radius 1 is 0.421 bits per heavy atom. The monoisotopic (exact) mass is 509 g/mol. The number of aliphatic imine (C=N–C) groups is 2. The van der Waals surface area contributed by atoms with Crippen molar-refractivity contribution in [1.29, 1.82) is 0 Å². The van der Waals surface area contributed by atoms with E-state index in [1.807, 2.05) is 0 Å². The fourth-order valence-electron chi connectivity index (χ4n) is 3.85. The molecular formula is C31H19F4N3. The van der Waals surface area contributed by atoms with Crippen LogP contribution in [0.5, 0.6) is 0 Å². The summed E-state index contributed by atoms with van der Waals surface area (Å²) in [6.45, 7) is 0. The van der Waals surface area contributed by atoms with Crippen LogP contribution in [0.3, 0.4) is 0 Å². The van der Waals surface area contributed by atoms with Gasteiger partial charge in [0.05, 0.1) is 22.8 Å². The summed E-state index contributed by atoms with van der Waals surface area (Å²) < 4.78 is 58.1. The molecule has 38 heavy (non-hydrogen) atoms. The third-order valence-electron chi connectivity index (χ3n) is 5.65. The lowest BCUT2D eigenvalue weighted by molar-refractivity contribution is 0.587. The summed E-state index contributed by atoms with van der Waals surface area (Å²) in [5.41, 5.74) is 1.22. The molecule has 1 aromatic heterocycles. The second kappa shape index (κ2) is 11.0. The van der Waals surface area contributed by atoms with Gasteiger partial charge in [0.2, 0.25) is 0 Å². The number of para-hydroxylation sites is 2. The fraction of sp³-hybridized carbons (Fsp3) is 0. The lowest BCUT2D eigenvalue weighted by Crippen LogP contribution is -2.12. The highest BCUT2D eigenvalue weighted by Crippen LogP contribution is 2.26. The molecular weight excluding hydrogens is 490 g/mol.